The van der Waals surface area contributed by atoms with Gasteiger partial charge < -0.3 is 15.4 Å². The van der Waals surface area contributed by atoms with E-state index in [0.717, 1.165) is 28.2 Å². The minimum absolute atomic E-state index is 0.203. The van der Waals surface area contributed by atoms with Gasteiger partial charge in [0.1, 0.15) is 11.4 Å². The van der Waals surface area contributed by atoms with Crippen LogP contribution in [0.1, 0.15) is 52.7 Å². The molecule has 172 valence electrons. The Bertz CT molecular complexity index is 1100. The van der Waals surface area contributed by atoms with E-state index in [0.29, 0.717) is 11.5 Å². The van der Waals surface area contributed by atoms with Gasteiger partial charge in [-0.3, -0.25) is 9.59 Å². The third-order valence-electron chi connectivity index (χ3n) is 5.13. The number of ether oxygens (including phenoxy) is 1. The van der Waals surface area contributed by atoms with Crippen molar-refractivity contribution >= 4 is 29.2 Å². The number of carbonyl (C=O) groups excluding carboxylic acids is 2. The molecule has 0 unspecified atom stereocenters. The zero-order chi connectivity index (χ0) is 23.8. The predicted octanol–water partition coefficient (Wildman–Crippen LogP) is 5.74. The minimum Gasteiger partial charge on any atom is -0.497 e. The average Bonchev–Trinajstić information content (AvgIpc) is 3.31. The van der Waals surface area contributed by atoms with Crippen molar-refractivity contribution in [1.82, 2.24) is 10.6 Å². The van der Waals surface area contributed by atoms with Gasteiger partial charge in [-0.1, -0.05) is 49.7 Å². The molecule has 6 heteroatoms. The van der Waals surface area contributed by atoms with E-state index < -0.39 is 0 Å². The van der Waals surface area contributed by atoms with Crippen LogP contribution in [0, 0.1) is 12.8 Å². The topological polar surface area (TPSA) is 67.4 Å². The Labute approximate surface area is 199 Å². The highest BCUT2D eigenvalue weighted by molar-refractivity contribution is 7.10. The van der Waals surface area contributed by atoms with Crippen LogP contribution >= 0.6 is 11.3 Å². The van der Waals surface area contributed by atoms with E-state index in [4.69, 9.17) is 4.74 Å². The Hall–Kier alpha value is -3.38. The molecule has 3 rings (SSSR count). The molecule has 1 aromatic heterocycles. The molecule has 0 aliphatic rings. The number of carbonyl (C=O) groups is 2. The molecule has 5 nitrogen and oxygen atoms in total. The number of methoxy groups -OCH3 is 1. The van der Waals surface area contributed by atoms with Crippen molar-refractivity contribution in [3.63, 3.8) is 0 Å². The van der Waals surface area contributed by atoms with Gasteiger partial charge in [0, 0.05) is 10.4 Å². The summed E-state index contributed by atoms with van der Waals surface area (Å²) >= 11 is 1.50. The van der Waals surface area contributed by atoms with Gasteiger partial charge in [-0.2, -0.15) is 0 Å². The van der Waals surface area contributed by atoms with Crippen LogP contribution in [0.4, 0.5) is 0 Å². The third-order valence-corrected chi connectivity index (χ3v) is 5.95. The van der Waals surface area contributed by atoms with Gasteiger partial charge in [-0.05, 0) is 66.6 Å². The lowest BCUT2D eigenvalue weighted by molar-refractivity contribution is -0.118. The van der Waals surface area contributed by atoms with Crippen molar-refractivity contribution in [1.29, 1.82) is 0 Å². The van der Waals surface area contributed by atoms with E-state index in [9.17, 15) is 9.59 Å². The van der Waals surface area contributed by atoms with E-state index in [1.165, 1.54) is 11.3 Å². The Morgan fingerprint density at radius 3 is 2.42 bits per heavy atom. The SMILES string of the molecule is COc1ccc([C@H](CC(C)C)NC(=O)/C(=C/c2cccs2)NC(=O)c2cccc(C)c2)cc1. The van der Waals surface area contributed by atoms with E-state index in [1.807, 2.05) is 60.8 Å². The Kier molecular flexibility index (Phi) is 8.44. The summed E-state index contributed by atoms with van der Waals surface area (Å²) < 4.78 is 5.26. The minimum atomic E-state index is -0.328. The zero-order valence-electron chi connectivity index (χ0n) is 19.4. The van der Waals surface area contributed by atoms with E-state index in [2.05, 4.69) is 24.5 Å². The molecule has 0 radical (unpaired) electrons. The van der Waals surface area contributed by atoms with Crippen LogP contribution in [0.15, 0.2) is 71.7 Å². The van der Waals surface area contributed by atoms with Crippen molar-refractivity contribution < 1.29 is 14.3 Å². The van der Waals surface area contributed by atoms with Crippen LogP contribution in [0.2, 0.25) is 0 Å². The molecule has 0 bridgehead atoms. The van der Waals surface area contributed by atoms with Crippen LogP contribution in [0.5, 0.6) is 5.75 Å². The summed E-state index contributed by atoms with van der Waals surface area (Å²) in [6.07, 6.45) is 2.48. The Balaban J connectivity index is 1.86. The van der Waals surface area contributed by atoms with E-state index in [-0.39, 0.29) is 23.6 Å². The lowest BCUT2D eigenvalue weighted by Crippen LogP contribution is -2.37. The molecule has 0 saturated carbocycles. The van der Waals surface area contributed by atoms with Crippen LogP contribution in [-0.4, -0.2) is 18.9 Å². The smallest absolute Gasteiger partial charge is 0.268 e. The van der Waals surface area contributed by atoms with Gasteiger partial charge in [0.25, 0.3) is 11.8 Å². The second-order valence-electron chi connectivity index (χ2n) is 8.33. The van der Waals surface area contributed by atoms with Crippen molar-refractivity contribution in [2.45, 2.75) is 33.2 Å². The summed E-state index contributed by atoms with van der Waals surface area (Å²) in [6, 6.07) is 18.6. The fourth-order valence-electron chi connectivity index (χ4n) is 3.48. The number of rotatable bonds is 9. The van der Waals surface area contributed by atoms with Crippen LogP contribution in [0.3, 0.4) is 0 Å². The van der Waals surface area contributed by atoms with Gasteiger partial charge in [-0.25, -0.2) is 0 Å². The van der Waals surface area contributed by atoms with Gasteiger partial charge in [-0.15, -0.1) is 11.3 Å². The monoisotopic (exact) mass is 462 g/mol. The summed E-state index contributed by atoms with van der Waals surface area (Å²) in [4.78, 5) is 27.2. The van der Waals surface area contributed by atoms with Crippen molar-refractivity contribution in [2.24, 2.45) is 5.92 Å². The summed E-state index contributed by atoms with van der Waals surface area (Å²) in [5, 5.41) is 7.88. The molecule has 2 amide bonds. The standard InChI is InChI=1S/C27H30N2O3S/c1-18(2)15-24(20-10-12-22(32-4)13-11-20)28-27(31)25(17-23-9-6-14-33-23)29-26(30)21-8-5-7-19(3)16-21/h5-14,16-18,24H,15H2,1-4H3,(H,28,31)(H,29,30)/b25-17-/t24-/m0/s1. The lowest BCUT2D eigenvalue weighted by atomic mass is 9.96. The first-order valence-electron chi connectivity index (χ1n) is 10.9. The molecule has 0 aliphatic heterocycles. The molecule has 3 aromatic rings. The summed E-state index contributed by atoms with van der Waals surface area (Å²) in [5.74, 6) is 0.480. The quantitative estimate of drug-likeness (QED) is 0.399. The fourth-order valence-corrected chi connectivity index (χ4v) is 4.13. The maximum Gasteiger partial charge on any atom is 0.268 e. The first kappa shape index (κ1) is 24.3. The highest BCUT2D eigenvalue weighted by atomic mass is 32.1. The number of nitrogens with one attached hydrogen (secondary N) is 2. The summed E-state index contributed by atoms with van der Waals surface area (Å²) in [5.41, 5.74) is 2.69. The van der Waals surface area contributed by atoms with Crippen LogP contribution in [-0.2, 0) is 4.79 Å². The second-order valence-corrected chi connectivity index (χ2v) is 9.31. The van der Waals surface area contributed by atoms with Gasteiger partial charge in [0.15, 0.2) is 0 Å². The van der Waals surface area contributed by atoms with Crippen molar-refractivity contribution in [2.75, 3.05) is 7.11 Å². The molecule has 2 N–H and O–H groups in total. The van der Waals surface area contributed by atoms with Gasteiger partial charge >= 0.3 is 0 Å². The number of hydrogen-bond donors (Lipinski definition) is 2. The molecular formula is C27H30N2O3S. The molecule has 0 spiro atoms. The summed E-state index contributed by atoms with van der Waals surface area (Å²) in [7, 11) is 1.63. The van der Waals surface area contributed by atoms with Crippen LogP contribution in [0.25, 0.3) is 6.08 Å². The fraction of sp³-hybridized carbons (Fsp3) is 0.259. The Morgan fingerprint density at radius 2 is 1.82 bits per heavy atom. The molecule has 0 saturated heterocycles. The molecule has 33 heavy (non-hydrogen) atoms. The number of benzene rings is 2. The average molecular weight is 463 g/mol. The molecule has 2 aromatic carbocycles. The number of hydrogen-bond acceptors (Lipinski definition) is 4. The maximum absolute atomic E-state index is 13.4. The third kappa shape index (κ3) is 7.05. The van der Waals surface area contributed by atoms with Crippen molar-refractivity contribution in [3.8, 4) is 5.75 Å². The molecule has 1 atom stereocenters. The molecule has 1 heterocycles. The number of aryl methyl sites for hydroxylation is 1. The van der Waals surface area contributed by atoms with Gasteiger partial charge in [0.05, 0.1) is 13.2 Å². The predicted molar refractivity (Wildman–Crippen MR) is 134 cm³/mol. The number of thiophene rings is 1. The molecular weight excluding hydrogens is 432 g/mol. The maximum atomic E-state index is 13.4. The molecule has 0 fully saturated rings. The van der Waals surface area contributed by atoms with Crippen LogP contribution < -0.4 is 15.4 Å². The zero-order valence-corrected chi connectivity index (χ0v) is 20.2. The second kappa shape index (κ2) is 11.5. The lowest BCUT2D eigenvalue weighted by Gasteiger charge is -2.22. The van der Waals surface area contributed by atoms with Gasteiger partial charge in [0.2, 0.25) is 0 Å². The first-order chi connectivity index (χ1) is 15.9. The highest BCUT2D eigenvalue weighted by Gasteiger charge is 2.21. The molecule has 0 aliphatic carbocycles. The Morgan fingerprint density at radius 1 is 1.06 bits per heavy atom. The van der Waals surface area contributed by atoms with E-state index in [1.54, 1.807) is 25.3 Å². The normalized spacial score (nSPS) is 12.3. The van der Waals surface area contributed by atoms with Crippen molar-refractivity contribution in [3.05, 3.63) is 93.3 Å². The highest BCUT2D eigenvalue weighted by Crippen LogP contribution is 2.24. The first-order valence-corrected chi connectivity index (χ1v) is 11.8. The summed E-state index contributed by atoms with van der Waals surface area (Å²) in [6.45, 7) is 6.16. The largest absolute Gasteiger partial charge is 0.497 e. The van der Waals surface area contributed by atoms with E-state index >= 15 is 0 Å². The number of amides is 2.